The standard InChI is InChI=1S/C26H42O6/c1-19(2)26(20(3)4,25(27)28)12-9-7-6-8-11-21-17-22(30-14-10-13-29-5)24-23(18-21)31-15-16-32-24/h17-20H,6-16H2,1-5H3,(H,27,28). The summed E-state index contributed by atoms with van der Waals surface area (Å²) in [4.78, 5) is 12.0. The number of hydrogen-bond donors (Lipinski definition) is 1. The van der Waals surface area contributed by atoms with Crippen LogP contribution in [0.25, 0.3) is 0 Å². The highest BCUT2D eigenvalue weighted by Crippen LogP contribution is 2.42. The van der Waals surface area contributed by atoms with Crippen LogP contribution < -0.4 is 14.2 Å². The van der Waals surface area contributed by atoms with Crippen molar-refractivity contribution in [3.05, 3.63) is 17.7 Å². The molecule has 6 nitrogen and oxygen atoms in total. The van der Waals surface area contributed by atoms with Crippen molar-refractivity contribution in [3.8, 4) is 17.2 Å². The quantitative estimate of drug-likeness (QED) is 0.343. The van der Waals surface area contributed by atoms with Crippen LogP contribution in [-0.4, -0.2) is 44.6 Å². The minimum absolute atomic E-state index is 0.125. The molecule has 0 saturated carbocycles. The molecule has 182 valence electrons. The molecule has 0 atom stereocenters. The number of carbonyl (C=O) groups is 1. The van der Waals surface area contributed by atoms with Crippen molar-refractivity contribution in [2.24, 2.45) is 17.3 Å². The predicted molar refractivity (Wildman–Crippen MR) is 126 cm³/mol. The number of rotatable bonds is 15. The molecule has 1 aliphatic rings. The molecule has 0 aliphatic carbocycles. The molecule has 0 fully saturated rings. The first-order chi connectivity index (χ1) is 15.3. The molecule has 0 radical (unpaired) electrons. The maximum atomic E-state index is 12.0. The van der Waals surface area contributed by atoms with Gasteiger partial charge in [0.05, 0.1) is 12.0 Å². The molecule has 0 amide bonds. The number of carboxylic acids is 1. The Bertz CT molecular complexity index is 705. The normalized spacial score (nSPS) is 13.6. The first-order valence-electron chi connectivity index (χ1n) is 12.1. The highest BCUT2D eigenvalue weighted by atomic mass is 16.6. The van der Waals surface area contributed by atoms with E-state index in [1.807, 2.05) is 27.7 Å². The van der Waals surface area contributed by atoms with Gasteiger partial charge in [0.25, 0.3) is 0 Å². The van der Waals surface area contributed by atoms with Crippen molar-refractivity contribution in [2.45, 2.75) is 72.6 Å². The van der Waals surface area contributed by atoms with Crippen LogP contribution in [0.15, 0.2) is 12.1 Å². The van der Waals surface area contributed by atoms with E-state index in [4.69, 9.17) is 18.9 Å². The minimum Gasteiger partial charge on any atom is -0.489 e. The lowest BCUT2D eigenvalue weighted by atomic mass is 9.66. The lowest BCUT2D eigenvalue weighted by Gasteiger charge is -2.37. The third kappa shape index (κ3) is 6.77. The van der Waals surface area contributed by atoms with E-state index in [0.29, 0.717) is 32.2 Å². The molecule has 1 aromatic carbocycles. The zero-order valence-electron chi connectivity index (χ0n) is 20.6. The summed E-state index contributed by atoms with van der Waals surface area (Å²) in [5.74, 6) is 1.80. The fourth-order valence-electron chi connectivity index (χ4n) is 4.76. The Morgan fingerprint density at radius 3 is 2.34 bits per heavy atom. The molecule has 1 aliphatic heterocycles. The monoisotopic (exact) mass is 450 g/mol. The third-order valence-corrected chi connectivity index (χ3v) is 6.68. The topological polar surface area (TPSA) is 74.2 Å². The van der Waals surface area contributed by atoms with E-state index in [1.165, 1.54) is 5.56 Å². The zero-order valence-corrected chi connectivity index (χ0v) is 20.6. The second-order valence-electron chi connectivity index (χ2n) is 9.38. The highest BCUT2D eigenvalue weighted by Gasteiger charge is 2.43. The molecule has 1 aromatic rings. The molecule has 1 N–H and O–H groups in total. The van der Waals surface area contributed by atoms with Crippen LogP contribution in [0.1, 0.15) is 71.8 Å². The number of benzene rings is 1. The number of hydrogen-bond acceptors (Lipinski definition) is 5. The largest absolute Gasteiger partial charge is 0.489 e. The van der Waals surface area contributed by atoms with Crippen LogP contribution >= 0.6 is 0 Å². The molecule has 2 rings (SSSR count). The Balaban J connectivity index is 1.87. The number of ether oxygens (including phenoxy) is 4. The maximum absolute atomic E-state index is 12.0. The smallest absolute Gasteiger partial charge is 0.310 e. The Hall–Kier alpha value is -1.95. The number of methoxy groups -OCH3 is 1. The van der Waals surface area contributed by atoms with Crippen molar-refractivity contribution in [1.29, 1.82) is 0 Å². The van der Waals surface area contributed by atoms with Gasteiger partial charge in [-0.2, -0.15) is 0 Å². The van der Waals surface area contributed by atoms with Crippen molar-refractivity contribution in [3.63, 3.8) is 0 Å². The Kier molecular flexibility index (Phi) is 10.6. The lowest BCUT2D eigenvalue weighted by molar-refractivity contribution is -0.156. The molecule has 0 saturated heterocycles. The van der Waals surface area contributed by atoms with Gasteiger partial charge in [0.2, 0.25) is 5.75 Å². The van der Waals surface area contributed by atoms with E-state index in [0.717, 1.165) is 56.4 Å². The molecular formula is C26H42O6. The fourth-order valence-corrected chi connectivity index (χ4v) is 4.76. The summed E-state index contributed by atoms with van der Waals surface area (Å²) in [5.41, 5.74) is 0.547. The van der Waals surface area contributed by atoms with Gasteiger partial charge in [0.15, 0.2) is 11.5 Å². The van der Waals surface area contributed by atoms with Crippen molar-refractivity contribution < 1.29 is 28.8 Å². The Labute approximate surface area is 193 Å². The first-order valence-corrected chi connectivity index (χ1v) is 12.1. The fraction of sp³-hybridized carbons (Fsp3) is 0.731. The van der Waals surface area contributed by atoms with Gasteiger partial charge in [-0.3, -0.25) is 4.79 Å². The van der Waals surface area contributed by atoms with Gasteiger partial charge in [-0.15, -0.1) is 0 Å². The van der Waals surface area contributed by atoms with E-state index >= 15 is 0 Å². The summed E-state index contributed by atoms with van der Waals surface area (Å²) < 4.78 is 22.6. The average molecular weight is 451 g/mol. The lowest BCUT2D eigenvalue weighted by Crippen LogP contribution is -2.41. The Morgan fingerprint density at radius 2 is 1.69 bits per heavy atom. The van der Waals surface area contributed by atoms with Gasteiger partial charge < -0.3 is 24.1 Å². The summed E-state index contributed by atoms with van der Waals surface area (Å²) in [5, 5.41) is 9.89. The van der Waals surface area contributed by atoms with Crippen LogP contribution in [0, 0.1) is 17.3 Å². The third-order valence-electron chi connectivity index (χ3n) is 6.68. The maximum Gasteiger partial charge on any atom is 0.310 e. The van der Waals surface area contributed by atoms with Gasteiger partial charge in [0.1, 0.15) is 13.2 Å². The van der Waals surface area contributed by atoms with Gasteiger partial charge in [-0.05, 0) is 48.8 Å². The number of aliphatic carboxylic acids is 1. The first kappa shape index (κ1) is 26.3. The van der Waals surface area contributed by atoms with Crippen LogP contribution in [-0.2, 0) is 16.0 Å². The van der Waals surface area contributed by atoms with E-state index in [2.05, 4.69) is 12.1 Å². The second kappa shape index (κ2) is 12.9. The van der Waals surface area contributed by atoms with Gasteiger partial charge >= 0.3 is 5.97 Å². The van der Waals surface area contributed by atoms with E-state index in [9.17, 15) is 9.90 Å². The highest BCUT2D eigenvalue weighted by molar-refractivity contribution is 5.75. The molecule has 1 heterocycles. The summed E-state index contributed by atoms with van der Waals surface area (Å²) >= 11 is 0. The molecule has 32 heavy (non-hydrogen) atoms. The summed E-state index contributed by atoms with van der Waals surface area (Å²) in [6.07, 6.45) is 6.60. The van der Waals surface area contributed by atoms with E-state index in [1.54, 1.807) is 7.11 Å². The van der Waals surface area contributed by atoms with Gasteiger partial charge in [0, 0.05) is 20.1 Å². The zero-order chi connectivity index (χ0) is 23.6. The molecule has 0 spiro atoms. The van der Waals surface area contributed by atoms with Crippen LogP contribution in [0.3, 0.4) is 0 Å². The van der Waals surface area contributed by atoms with Crippen LogP contribution in [0.5, 0.6) is 17.2 Å². The van der Waals surface area contributed by atoms with Crippen molar-refractivity contribution in [2.75, 3.05) is 33.5 Å². The molecule has 6 heteroatoms. The van der Waals surface area contributed by atoms with Crippen LogP contribution in [0.4, 0.5) is 0 Å². The van der Waals surface area contributed by atoms with E-state index < -0.39 is 11.4 Å². The van der Waals surface area contributed by atoms with Crippen LogP contribution in [0.2, 0.25) is 0 Å². The summed E-state index contributed by atoms with van der Waals surface area (Å²) in [6, 6.07) is 4.12. The number of carboxylic acid groups (broad SMARTS) is 1. The number of unbranched alkanes of at least 4 members (excludes halogenated alkanes) is 3. The SMILES string of the molecule is COCCCOc1cc(CCCCCCC(C(=O)O)(C(C)C)C(C)C)cc2c1OCCO2. The predicted octanol–water partition coefficient (Wildman–Crippen LogP) is 5.75. The van der Waals surface area contributed by atoms with Crippen molar-refractivity contribution in [1.82, 2.24) is 0 Å². The molecule has 0 aromatic heterocycles. The van der Waals surface area contributed by atoms with Crippen molar-refractivity contribution >= 4 is 5.97 Å². The average Bonchev–Trinajstić information content (AvgIpc) is 2.75. The minimum atomic E-state index is -0.656. The molecular weight excluding hydrogens is 408 g/mol. The summed E-state index contributed by atoms with van der Waals surface area (Å²) in [6.45, 7) is 10.5. The number of fused-ring (bicyclic) bond motifs is 1. The Morgan fingerprint density at radius 1 is 1.00 bits per heavy atom. The molecule has 0 unspecified atom stereocenters. The summed E-state index contributed by atoms with van der Waals surface area (Å²) in [7, 11) is 1.69. The van der Waals surface area contributed by atoms with Gasteiger partial charge in [-0.25, -0.2) is 0 Å². The number of aryl methyl sites for hydroxylation is 1. The second-order valence-corrected chi connectivity index (χ2v) is 9.38. The van der Waals surface area contributed by atoms with Gasteiger partial charge in [-0.1, -0.05) is 47.0 Å². The molecule has 0 bridgehead atoms. The van der Waals surface area contributed by atoms with E-state index in [-0.39, 0.29) is 11.8 Å².